The first kappa shape index (κ1) is 40.8. The minimum Gasteiger partial charge on any atom is -0.491 e. The van der Waals surface area contributed by atoms with Gasteiger partial charge in [0.15, 0.2) is 0 Å². The number of pyridine rings is 1. The molecule has 310 valence electrons. The van der Waals surface area contributed by atoms with Crippen LogP contribution in [0.2, 0.25) is 0 Å². The fourth-order valence-electron chi connectivity index (χ4n) is 8.32. The molecule has 5 aliphatic rings. The molecule has 3 aliphatic carbocycles. The summed E-state index contributed by atoms with van der Waals surface area (Å²) in [6.45, 7) is 10.1. The number of nitrogens with one attached hydrogen (secondary N) is 2. The average Bonchev–Trinajstić information content (AvgIpc) is 4.13. The first-order valence-corrected chi connectivity index (χ1v) is 22.0. The third-order valence-electron chi connectivity index (χ3n) is 12.7. The van der Waals surface area contributed by atoms with Crippen molar-refractivity contribution in [2.75, 3.05) is 20.2 Å². The van der Waals surface area contributed by atoms with Gasteiger partial charge in [-0.05, 0) is 89.5 Å². The highest BCUT2D eigenvalue weighted by Crippen LogP contribution is 2.48. The summed E-state index contributed by atoms with van der Waals surface area (Å²) in [6, 6.07) is 5.48. The van der Waals surface area contributed by atoms with Crippen molar-refractivity contribution in [3.05, 3.63) is 42.6 Å². The number of ether oxygens (including phenoxy) is 3. The summed E-state index contributed by atoms with van der Waals surface area (Å²) in [5.74, 6) is -1.49. The zero-order chi connectivity index (χ0) is 40.9. The number of sulfonamides is 1. The molecule has 57 heavy (non-hydrogen) atoms. The molecule has 1 saturated heterocycles. The van der Waals surface area contributed by atoms with Crippen molar-refractivity contribution in [3.8, 4) is 11.6 Å². The van der Waals surface area contributed by atoms with E-state index in [-0.39, 0.29) is 31.2 Å². The van der Waals surface area contributed by atoms with E-state index < -0.39 is 73.8 Å². The predicted octanol–water partition coefficient (Wildman–Crippen LogP) is 5.25. The van der Waals surface area contributed by atoms with E-state index in [1.165, 1.54) is 9.80 Å². The smallest absolute Gasteiger partial charge is 0.410 e. The molecule has 3 saturated carbocycles. The van der Waals surface area contributed by atoms with Crippen molar-refractivity contribution in [1.29, 1.82) is 0 Å². The van der Waals surface area contributed by atoms with Crippen LogP contribution in [0.1, 0.15) is 98.8 Å². The summed E-state index contributed by atoms with van der Waals surface area (Å²) < 4.78 is 46.1. The van der Waals surface area contributed by atoms with E-state index in [4.69, 9.17) is 14.2 Å². The van der Waals surface area contributed by atoms with Crippen molar-refractivity contribution in [3.63, 3.8) is 0 Å². The van der Waals surface area contributed by atoms with Crippen LogP contribution < -0.4 is 19.5 Å². The summed E-state index contributed by atoms with van der Waals surface area (Å²) in [7, 11) is -2.43. The fourth-order valence-corrected chi connectivity index (χ4v) is 9.63. The number of carbonyl (C=O) groups is 4. The van der Waals surface area contributed by atoms with Crippen LogP contribution in [0.5, 0.6) is 11.6 Å². The highest BCUT2D eigenvalue weighted by atomic mass is 32.2. The van der Waals surface area contributed by atoms with Gasteiger partial charge in [0.25, 0.3) is 5.91 Å². The molecular formula is C42H57N5O9S. The van der Waals surface area contributed by atoms with E-state index >= 15 is 4.79 Å². The minimum atomic E-state index is -4.00. The molecular weight excluding hydrogens is 751 g/mol. The van der Waals surface area contributed by atoms with Crippen LogP contribution in [0, 0.1) is 17.8 Å². The number of amides is 4. The van der Waals surface area contributed by atoms with Gasteiger partial charge in [-0.2, -0.15) is 0 Å². The number of hydrogen-bond donors (Lipinski definition) is 2. The number of nitrogens with zero attached hydrogens (tertiary/aromatic N) is 3. The number of likely N-dealkylation sites (N-methyl/N-ethyl adjacent to an activating group) is 1. The Morgan fingerprint density at radius 1 is 1.07 bits per heavy atom. The second-order valence-corrected chi connectivity index (χ2v) is 19.9. The maximum Gasteiger partial charge on any atom is 0.410 e. The average molecular weight is 808 g/mol. The molecule has 3 heterocycles. The molecule has 4 fully saturated rings. The van der Waals surface area contributed by atoms with Crippen LogP contribution in [0.3, 0.4) is 0 Å². The van der Waals surface area contributed by atoms with Gasteiger partial charge in [-0.25, -0.2) is 18.2 Å². The molecule has 0 spiro atoms. The van der Waals surface area contributed by atoms with E-state index in [0.717, 1.165) is 31.1 Å². The van der Waals surface area contributed by atoms with Gasteiger partial charge >= 0.3 is 6.09 Å². The van der Waals surface area contributed by atoms with Crippen molar-refractivity contribution < 1.29 is 41.8 Å². The summed E-state index contributed by atoms with van der Waals surface area (Å²) in [4.78, 5) is 64.7. The molecule has 15 heteroatoms. The first-order valence-electron chi connectivity index (χ1n) is 20.5. The molecule has 7 rings (SSSR count). The Hall–Kier alpha value is -4.40. The van der Waals surface area contributed by atoms with E-state index in [1.807, 2.05) is 57.2 Å². The zero-order valence-corrected chi connectivity index (χ0v) is 34.7. The Labute approximate surface area is 335 Å². The quantitative estimate of drug-likeness (QED) is 0.302. The molecule has 2 aromatic rings. The third kappa shape index (κ3) is 8.31. The Kier molecular flexibility index (Phi) is 11.0. The number of fused-ring (bicyclic) bond motifs is 3. The molecule has 2 N–H and O–H groups in total. The normalized spacial score (nSPS) is 31.0. The van der Waals surface area contributed by atoms with Crippen LogP contribution in [-0.4, -0.2) is 101 Å². The maximum absolute atomic E-state index is 15.1. The summed E-state index contributed by atoms with van der Waals surface area (Å²) in [6.07, 6.45) is 9.71. The van der Waals surface area contributed by atoms with Crippen molar-refractivity contribution in [1.82, 2.24) is 24.8 Å². The van der Waals surface area contributed by atoms with Gasteiger partial charge in [0, 0.05) is 30.2 Å². The zero-order valence-electron chi connectivity index (χ0n) is 33.9. The second-order valence-electron chi connectivity index (χ2n) is 17.7. The molecule has 2 aliphatic heterocycles. The van der Waals surface area contributed by atoms with E-state index in [1.54, 1.807) is 20.2 Å². The summed E-state index contributed by atoms with van der Waals surface area (Å²) in [5, 5.41) is 4.45. The van der Waals surface area contributed by atoms with Gasteiger partial charge in [0.05, 0.1) is 24.1 Å². The third-order valence-corrected chi connectivity index (χ3v) is 14.8. The molecule has 7 atom stereocenters. The van der Waals surface area contributed by atoms with Gasteiger partial charge in [-0.3, -0.25) is 24.0 Å². The molecule has 4 amide bonds. The lowest BCUT2D eigenvalue weighted by molar-refractivity contribution is -0.144. The van der Waals surface area contributed by atoms with Gasteiger partial charge in [-0.1, -0.05) is 51.1 Å². The topological polar surface area (TPSA) is 174 Å². The lowest BCUT2D eigenvalue weighted by Crippen LogP contribution is -2.59. The molecule has 14 nitrogen and oxygen atoms in total. The fraction of sp³-hybridized carbons (Fsp3) is 0.643. The van der Waals surface area contributed by atoms with E-state index in [2.05, 4.69) is 21.9 Å². The van der Waals surface area contributed by atoms with E-state index in [0.29, 0.717) is 49.3 Å². The Morgan fingerprint density at radius 2 is 1.79 bits per heavy atom. The van der Waals surface area contributed by atoms with Crippen LogP contribution >= 0.6 is 0 Å². The molecule has 0 unspecified atom stereocenters. The van der Waals surface area contributed by atoms with Crippen LogP contribution in [0.4, 0.5) is 4.79 Å². The number of hydrogen-bond acceptors (Lipinski definition) is 10. The molecule has 0 bridgehead atoms. The van der Waals surface area contributed by atoms with E-state index in [9.17, 15) is 22.8 Å². The van der Waals surface area contributed by atoms with Crippen molar-refractivity contribution >= 4 is 44.6 Å². The molecule has 1 aromatic heterocycles. The Bertz CT molecular complexity index is 2050. The molecule has 0 radical (unpaired) electrons. The van der Waals surface area contributed by atoms with Gasteiger partial charge < -0.3 is 24.4 Å². The number of rotatable bonds is 10. The van der Waals surface area contributed by atoms with Crippen LogP contribution in [0.15, 0.2) is 42.6 Å². The summed E-state index contributed by atoms with van der Waals surface area (Å²) >= 11 is 0. The number of aromatic nitrogens is 1. The monoisotopic (exact) mass is 807 g/mol. The lowest BCUT2D eigenvalue weighted by Gasteiger charge is -2.37. The maximum atomic E-state index is 15.1. The van der Waals surface area contributed by atoms with Crippen LogP contribution in [0.25, 0.3) is 10.8 Å². The number of benzene rings is 1. The number of carbonyl (C=O) groups excluding carboxylic acids is 4. The Balaban J connectivity index is 1.23. The lowest BCUT2D eigenvalue weighted by atomic mass is 9.87. The highest BCUT2D eigenvalue weighted by Gasteiger charge is 2.63. The summed E-state index contributed by atoms with van der Waals surface area (Å²) in [5.41, 5.74) is -2.09. The standard InChI is InChI=1S/C42H57N5O9S/c1-7-20-54-33-24-43-36(31-15-11-10-14-30(31)33)55-29-22-32-35(48)44-42(38(50)45-57(52,53)41(5)18-19-41)23-28(42)13-9-8-12-26(2)21-27(3)34(37(49)47(32)25-29)46(6)39(51)56-40(4)16-17-40/h9-11,13-15,24,26-29,32,34H,7-8,12,16-23,25H2,1-6H3,(H,44,48)(H,45,50)/b13-9-/t26-,27-,28-,29-,32+,34+,42-/m1/s1. The van der Waals surface area contributed by atoms with Gasteiger partial charge in [0.2, 0.25) is 27.7 Å². The minimum absolute atomic E-state index is 0.00431. The predicted molar refractivity (Wildman–Crippen MR) is 213 cm³/mol. The van der Waals surface area contributed by atoms with Crippen molar-refractivity contribution in [2.45, 2.75) is 133 Å². The SMILES string of the molecule is CCCOc1cnc(O[C@@H]2C[C@H]3C(=O)N[C@]4(C(=O)NS(=O)(=O)C5(C)CC5)C[C@H]4/C=C\CC[C@@H](C)C[C@@H](C)[C@H](N(C)C(=O)OC4(C)CC4)C(=O)N3C2)c2ccccc12. The Morgan fingerprint density at radius 3 is 2.47 bits per heavy atom. The first-order chi connectivity index (χ1) is 27.0. The van der Waals surface area contributed by atoms with Gasteiger partial charge in [-0.15, -0.1) is 0 Å². The van der Waals surface area contributed by atoms with Crippen molar-refractivity contribution in [2.24, 2.45) is 17.8 Å². The number of allylic oxidation sites excluding steroid dienone is 1. The van der Waals surface area contributed by atoms with Gasteiger partial charge in [0.1, 0.15) is 35.1 Å². The largest absolute Gasteiger partial charge is 0.491 e. The second kappa shape index (κ2) is 15.4. The highest BCUT2D eigenvalue weighted by molar-refractivity contribution is 7.91. The van der Waals surface area contributed by atoms with Crippen LogP contribution in [-0.2, 0) is 29.1 Å². The molecule has 1 aromatic carbocycles.